The number of benzene rings is 2. The van der Waals surface area contributed by atoms with E-state index in [1.807, 2.05) is 38.1 Å². The highest BCUT2D eigenvalue weighted by atomic mass is 16.7. The van der Waals surface area contributed by atoms with E-state index in [1.54, 1.807) is 24.3 Å². The lowest BCUT2D eigenvalue weighted by molar-refractivity contribution is 0.0583. The average Bonchev–Trinajstić information content (AvgIpc) is 2.84. The molecule has 0 aliphatic carbocycles. The van der Waals surface area contributed by atoms with Crippen LogP contribution in [0.25, 0.3) is 0 Å². The summed E-state index contributed by atoms with van der Waals surface area (Å²) in [6.07, 6.45) is -1.58. The highest BCUT2D eigenvalue weighted by Gasteiger charge is 2.23. The van der Waals surface area contributed by atoms with E-state index < -0.39 is 12.3 Å². The molecule has 2 rings (SSSR count). The topological polar surface area (TPSA) is 89.5 Å². The Bertz CT molecular complexity index is 955. The van der Waals surface area contributed by atoms with Crippen LogP contribution in [0.4, 0.5) is 9.59 Å². The summed E-state index contributed by atoms with van der Waals surface area (Å²) in [5.41, 5.74) is 3.44. The summed E-state index contributed by atoms with van der Waals surface area (Å²) in [4.78, 5) is 23.7. The van der Waals surface area contributed by atoms with E-state index in [9.17, 15) is 9.59 Å². The molecule has 0 bridgehead atoms. The molecule has 0 radical (unpaired) electrons. The maximum absolute atomic E-state index is 11.9. The average molecular weight is 513 g/mol. The highest BCUT2D eigenvalue weighted by molar-refractivity contribution is 5.64. The zero-order valence-corrected chi connectivity index (χ0v) is 22.0. The predicted molar refractivity (Wildman–Crippen MR) is 140 cm³/mol. The fourth-order valence-corrected chi connectivity index (χ4v) is 3.16. The van der Waals surface area contributed by atoms with Crippen LogP contribution in [-0.2, 0) is 24.4 Å². The molecule has 0 aromatic heterocycles. The second-order valence-electron chi connectivity index (χ2n) is 9.09. The summed E-state index contributed by atoms with van der Waals surface area (Å²) in [6.45, 7) is 16.9. The molecule has 0 saturated heterocycles. The van der Waals surface area contributed by atoms with Crippen molar-refractivity contribution in [2.24, 2.45) is 0 Å². The van der Waals surface area contributed by atoms with Gasteiger partial charge in [-0.1, -0.05) is 62.4 Å². The van der Waals surface area contributed by atoms with Crippen molar-refractivity contribution in [3.63, 3.8) is 0 Å². The Kier molecular flexibility index (Phi) is 11.9. The molecule has 0 aliphatic heterocycles. The van der Waals surface area contributed by atoms with Crippen LogP contribution in [0, 0.1) is 0 Å². The molecule has 0 fully saturated rings. The first-order valence-corrected chi connectivity index (χ1v) is 11.9. The summed E-state index contributed by atoms with van der Waals surface area (Å²) in [5.74, 6) is 0.749. The molecule has 0 amide bonds. The molecular formula is C29H36O8. The van der Waals surface area contributed by atoms with Crippen molar-refractivity contribution >= 4 is 12.3 Å². The second kappa shape index (κ2) is 14.8. The molecule has 0 atom stereocenters. The van der Waals surface area contributed by atoms with Crippen molar-refractivity contribution in [2.45, 2.75) is 33.1 Å². The van der Waals surface area contributed by atoms with Crippen LogP contribution in [0.3, 0.4) is 0 Å². The molecule has 2 aromatic rings. The minimum Gasteiger partial charge on any atom is -0.432 e. The summed E-state index contributed by atoms with van der Waals surface area (Å²) in [7, 11) is 0. The van der Waals surface area contributed by atoms with Crippen molar-refractivity contribution < 1.29 is 38.0 Å². The van der Waals surface area contributed by atoms with Gasteiger partial charge in [0.05, 0.1) is 26.4 Å². The van der Waals surface area contributed by atoms with E-state index in [0.29, 0.717) is 24.7 Å². The third kappa shape index (κ3) is 10.9. The molecule has 0 aliphatic rings. The first kappa shape index (κ1) is 29.6. The monoisotopic (exact) mass is 512 g/mol. The molecule has 8 nitrogen and oxygen atoms in total. The number of hydrogen-bond donors (Lipinski definition) is 0. The van der Waals surface area contributed by atoms with Gasteiger partial charge in [0.15, 0.2) is 0 Å². The van der Waals surface area contributed by atoms with Gasteiger partial charge in [-0.25, -0.2) is 9.59 Å². The smallest absolute Gasteiger partial charge is 0.432 e. The molecule has 0 spiro atoms. The molecule has 37 heavy (non-hydrogen) atoms. The Balaban J connectivity index is 1.84. The fourth-order valence-electron chi connectivity index (χ4n) is 3.16. The first-order chi connectivity index (χ1) is 17.6. The van der Waals surface area contributed by atoms with Crippen molar-refractivity contribution in [3.05, 3.63) is 84.0 Å². The number of carbonyl (C=O) groups excluding carboxylic acids is 2. The Morgan fingerprint density at radius 1 is 0.649 bits per heavy atom. The van der Waals surface area contributed by atoms with Gasteiger partial charge in [0, 0.05) is 5.41 Å². The Morgan fingerprint density at radius 3 is 1.32 bits per heavy atom. The van der Waals surface area contributed by atoms with Crippen LogP contribution in [0.5, 0.6) is 11.5 Å². The van der Waals surface area contributed by atoms with Gasteiger partial charge < -0.3 is 28.4 Å². The maximum Gasteiger partial charge on any atom is 0.513 e. The fraction of sp³-hybridized carbons (Fsp3) is 0.379. The van der Waals surface area contributed by atoms with Crippen LogP contribution in [-0.4, -0.2) is 52.0 Å². The van der Waals surface area contributed by atoms with Gasteiger partial charge in [-0.2, -0.15) is 0 Å². The number of hydrogen-bond acceptors (Lipinski definition) is 8. The second-order valence-corrected chi connectivity index (χ2v) is 9.09. The minimum atomic E-state index is -0.792. The minimum absolute atomic E-state index is 0.0958. The number of rotatable bonds is 14. The van der Waals surface area contributed by atoms with Gasteiger partial charge >= 0.3 is 12.3 Å². The van der Waals surface area contributed by atoms with Gasteiger partial charge in [0.2, 0.25) is 0 Å². The lowest BCUT2D eigenvalue weighted by atomic mass is 9.78. The number of carbonyl (C=O) groups is 2. The molecular weight excluding hydrogens is 476 g/mol. The zero-order chi connectivity index (χ0) is 27.3. The molecule has 8 heteroatoms. The van der Waals surface area contributed by atoms with Crippen molar-refractivity contribution in [1.29, 1.82) is 0 Å². The van der Waals surface area contributed by atoms with Crippen molar-refractivity contribution in [2.75, 3.05) is 39.6 Å². The Morgan fingerprint density at radius 2 is 1.00 bits per heavy atom. The van der Waals surface area contributed by atoms with Gasteiger partial charge in [-0.05, 0) is 49.2 Å². The molecule has 0 heterocycles. The maximum atomic E-state index is 11.9. The van der Waals surface area contributed by atoms with Crippen LogP contribution in [0.1, 0.15) is 38.8 Å². The van der Waals surface area contributed by atoms with Crippen LogP contribution >= 0.6 is 0 Å². The van der Waals surface area contributed by atoms with Crippen molar-refractivity contribution in [1.82, 2.24) is 0 Å². The standard InChI is InChI=1S/C29H36O8/c1-21(2)19-32-15-17-34-27(30)36-25-11-7-23(8-12-25)29(5,6)24-9-13-26(14-10-24)37-28(31)35-18-16-33-20-22(3)4/h7-14H,1,3,15-20H2,2,4-6H3. The van der Waals surface area contributed by atoms with Crippen molar-refractivity contribution in [3.8, 4) is 11.5 Å². The van der Waals surface area contributed by atoms with Gasteiger partial charge in [0.25, 0.3) is 0 Å². The number of ether oxygens (including phenoxy) is 6. The third-order valence-electron chi connectivity index (χ3n) is 5.15. The largest absolute Gasteiger partial charge is 0.513 e. The molecule has 200 valence electrons. The summed E-state index contributed by atoms with van der Waals surface area (Å²) in [6, 6.07) is 14.4. The summed E-state index contributed by atoms with van der Waals surface area (Å²) in [5, 5.41) is 0. The molecule has 2 aromatic carbocycles. The quantitative estimate of drug-likeness (QED) is 0.127. The van der Waals surface area contributed by atoms with Gasteiger partial charge in [-0.3, -0.25) is 0 Å². The lowest BCUT2D eigenvalue weighted by Crippen LogP contribution is -2.19. The lowest BCUT2D eigenvalue weighted by Gasteiger charge is -2.26. The van der Waals surface area contributed by atoms with Gasteiger partial charge in [0.1, 0.15) is 24.7 Å². The Hall–Kier alpha value is -3.62. The third-order valence-corrected chi connectivity index (χ3v) is 5.15. The van der Waals surface area contributed by atoms with E-state index >= 15 is 0 Å². The normalized spacial score (nSPS) is 10.9. The van der Waals surface area contributed by atoms with E-state index in [1.165, 1.54) is 0 Å². The van der Waals surface area contributed by atoms with Crippen LogP contribution in [0.15, 0.2) is 72.8 Å². The van der Waals surface area contributed by atoms with E-state index in [2.05, 4.69) is 27.0 Å². The van der Waals surface area contributed by atoms with E-state index in [0.717, 1.165) is 22.3 Å². The van der Waals surface area contributed by atoms with E-state index in [-0.39, 0.29) is 31.8 Å². The Labute approximate surface area is 218 Å². The highest BCUT2D eigenvalue weighted by Crippen LogP contribution is 2.33. The summed E-state index contributed by atoms with van der Waals surface area (Å²) >= 11 is 0. The molecule has 0 saturated carbocycles. The predicted octanol–water partition coefficient (Wildman–Crippen LogP) is 6.23. The van der Waals surface area contributed by atoms with Crippen LogP contribution < -0.4 is 9.47 Å². The van der Waals surface area contributed by atoms with E-state index in [4.69, 9.17) is 28.4 Å². The van der Waals surface area contributed by atoms with Gasteiger partial charge in [-0.15, -0.1) is 0 Å². The summed E-state index contributed by atoms with van der Waals surface area (Å²) < 4.78 is 31.0. The molecule has 0 N–H and O–H groups in total. The SMILES string of the molecule is C=C(C)COCCOC(=O)Oc1ccc(C(C)(C)c2ccc(OC(=O)OCCOCC(=C)C)cc2)cc1. The van der Waals surface area contributed by atoms with Crippen LogP contribution in [0.2, 0.25) is 0 Å². The zero-order valence-electron chi connectivity index (χ0n) is 22.0. The first-order valence-electron chi connectivity index (χ1n) is 11.9. The molecule has 0 unspecified atom stereocenters.